The summed E-state index contributed by atoms with van der Waals surface area (Å²) in [7, 11) is 0. The first-order valence-corrected chi connectivity index (χ1v) is 11.7. The second-order valence-corrected chi connectivity index (χ2v) is 9.15. The Labute approximate surface area is 208 Å². The second kappa shape index (κ2) is 10.4. The number of carbonyl (C=O) groups is 2. The van der Waals surface area contributed by atoms with E-state index in [1.54, 1.807) is 35.2 Å². The number of ether oxygens (including phenoxy) is 1. The van der Waals surface area contributed by atoms with Crippen LogP contribution in [0.25, 0.3) is 0 Å². The van der Waals surface area contributed by atoms with Crippen LogP contribution in [-0.4, -0.2) is 18.4 Å². The quantitative estimate of drug-likeness (QED) is 0.411. The molecule has 1 aliphatic heterocycles. The Bertz CT molecular complexity index is 1230. The molecule has 6 nitrogen and oxygen atoms in total. The molecule has 176 valence electrons. The predicted octanol–water partition coefficient (Wildman–Crippen LogP) is 5.69. The van der Waals surface area contributed by atoms with E-state index in [9.17, 15) is 9.59 Å². The molecule has 2 amide bonds. The summed E-state index contributed by atoms with van der Waals surface area (Å²) in [6.45, 7) is 4.61. The lowest BCUT2D eigenvalue weighted by Gasteiger charge is -2.18. The minimum Gasteiger partial charge on any atom is -0.487 e. The Morgan fingerprint density at radius 3 is 2.62 bits per heavy atom. The molecule has 1 aliphatic rings. The maximum absolute atomic E-state index is 12.8. The molecular formula is C26H25Cl2N3O3. The number of nitrogens with one attached hydrogen (secondary N) is 2. The summed E-state index contributed by atoms with van der Waals surface area (Å²) in [6, 6.07) is 18.4. The lowest BCUT2D eigenvalue weighted by molar-refractivity contribution is -0.125. The summed E-state index contributed by atoms with van der Waals surface area (Å²) in [5, 5.41) is 1.07. The molecule has 3 aromatic carbocycles. The first kappa shape index (κ1) is 23.9. The van der Waals surface area contributed by atoms with Crippen LogP contribution in [0.15, 0.2) is 60.7 Å². The smallest absolute Gasteiger partial charge is 0.243 e. The Morgan fingerprint density at radius 1 is 1.06 bits per heavy atom. The molecule has 1 saturated heterocycles. The van der Waals surface area contributed by atoms with Crippen LogP contribution in [-0.2, 0) is 16.2 Å². The maximum atomic E-state index is 12.8. The molecular weight excluding hydrogens is 473 g/mol. The highest BCUT2D eigenvalue weighted by atomic mass is 35.5. The van der Waals surface area contributed by atoms with Crippen molar-refractivity contribution in [3.8, 4) is 5.75 Å². The van der Waals surface area contributed by atoms with Gasteiger partial charge in [-0.15, -0.1) is 0 Å². The van der Waals surface area contributed by atoms with Gasteiger partial charge in [-0.3, -0.25) is 20.4 Å². The van der Waals surface area contributed by atoms with Gasteiger partial charge in [-0.2, -0.15) is 0 Å². The van der Waals surface area contributed by atoms with Crippen LogP contribution in [0.3, 0.4) is 0 Å². The van der Waals surface area contributed by atoms with Crippen LogP contribution in [0.1, 0.15) is 23.1 Å². The van der Waals surface area contributed by atoms with Gasteiger partial charge in [0, 0.05) is 34.3 Å². The van der Waals surface area contributed by atoms with Crippen molar-refractivity contribution in [3.63, 3.8) is 0 Å². The summed E-state index contributed by atoms with van der Waals surface area (Å²) in [4.78, 5) is 27.0. The van der Waals surface area contributed by atoms with Gasteiger partial charge in [-0.25, -0.2) is 0 Å². The molecule has 3 aromatic rings. The number of anilines is 2. The fourth-order valence-electron chi connectivity index (χ4n) is 3.75. The van der Waals surface area contributed by atoms with Crippen molar-refractivity contribution in [2.24, 2.45) is 5.92 Å². The molecule has 0 spiro atoms. The van der Waals surface area contributed by atoms with Gasteiger partial charge < -0.3 is 9.64 Å². The minimum atomic E-state index is -0.456. The van der Waals surface area contributed by atoms with E-state index in [1.165, 1.54) is 0 Å². The average molecular weight is 498 g/mol. The van der Waals surface area contributed by atoms with E-state index >= 15 is 0 Å². The molecule has 8 heteroatoms. The number of carbonyl (C=O) groups excluding carboxylic acids is 2. The van der Waals surface area contributed by atoms with E-state index in [-0.39, 0.29) is 24.8 Å². The number of hydrogen-bond donors (Lipinski definition) is 2. The highest BCUT2D eigenvalue weighted by Crippen LogP contribution is 2.29. The normalized spacial score (nSPS) is 15.4. The molecule has 0 aliphatic carbocycles. The number of amides is 2. The van der Waals surface area contributed by atoms with Crippen molar-refractivity contribution in [1.29, 1.82) is 0 Å². The molecule has 1 heterocycles. The first-order chi connectivity index (χ1) is 16.3. The third kappa shape index (κ3) is 5.46. The summed E-state index contributed by atoms with van der Waals surface area (Å²) >= 11 is 12.2. The van der Waals surface area contributed by atoms with E-state index in [0.29, 0.717) is 28.0 Å². The van der Waals surface area contributed by atoms with Gasteiger partial charge in [0.1, 0.15) is 12.4 Å². The number of nitrogens with zero attached hydrogens (tertiary/aromatic N) is 1. The van der Waals surface area contributed by atoms with E-state index in [0.717, 1.165) is 22.4 Å². The molecule has 1 atom stereocenters. The molecule has 0 unspecified atom stereocenters. The van der Waals surface area contributed by atoms with Crippen LogP contribution in [0.4, 0.5) is 11.4 Å². The third-order valence-corrected chi connectivity index (χ3v) is 6.49. The molecule has 1 fully saturated rings. The maximum Gasteiger partial charge on any atom is 0.243 e. The summed E-state index contributed by atoms with van der Waals surface area (Å²) in [6.07, 6.45) is 0.160. The largest absolute Gasteiger partial charge is 0.487 e. The van der Waals surface area contributed by atoms with Crippen molar-refractivity contribution in [3.05, 3.63) is 87.4 Å². The van der Waals surface area contributed by atoms with Gasteiger partial charge in [-0.1, -0.05) is 47.5 Å². The zero-order valence-corrected chi connectivity index (χ0v) is 20.4. The van der Waals surface area contributed by atoms with Crippen LogP contribution in [0, 0.1) is 19.8 Å². The van der Waals surface area contributed by atoms with E-state index < -0.39 is 5.92 Å². The first-order valence-electron chi connectivity index (χ1n) is 10.9. The second-order valence-electron chi connectivity index (χ2n) is 8.31. The third-order valence-electron chi connectivity index (χ3n) is 5.90. The highest BCUT2D eigenvalue weighted by Gasteiger charge is 2.35. The number of aryl methyl sites for hydroxylation is 2. The monoisotopic (exact) mass is 497 g/mol. The Morgan fingerprint density at radius 2 is 1.85 bits per heavy atom. The standard InChI is InChI=1S/C26H25Cl2N3O3/c1-16-7-10-21(11-17(16)2)31-14-19(12-25(31)32)26(33)30-29-23-5-3-4-6-24(23)34-15-18-8-9-20(27)13-22(18)28/h3-11,13,19,29H,12,14-15H2,1-2H3,(H,30,33)/t19-/m1/s1. The predicted molar refractivity (Wildman–Crippen MR) is 135 cm³/mol. The van der Waals surface area contributed by atoms with Crippen LogP contribution >= 0.6 is 23.2 Å². The molecule has 0 radical (unpaired) electrons. The zero-order chi connectivity index (χ0) is 24.2. The molecule has 0 saturated carbocycles. The molecule has 0 aromatic heterocycles. The van der Waals surface area contributed by atoms with E-state index in [1.807, 2.05) is 44.2 Å². The Hall–Kier alpha value is -3.22. The minimum absolute atomic E-state index is 0.0630. The Balaban J connectivity index is 1.37. The van der Waals surface area contributed by atoms with Gasteiger partial charge in [-0.05, 0) is 61.4 Å². The van der Waals surface area contributed by atoms with Gasteiger partial charge in [0.2, 0.25) is 11.8 Å². The van der Waals surface area contributed by atoms with Crippen molar-refractivity contribution < 1.29 is 14.3 Å². The van der Waals surface area contributed by atoms with Crippen LogP contribution < -0.4 is 20.5 Å². The van der Waals surface area contributed by atoms with Crippen LogP contribution in [0.2, 0.25) is 10.0 Å². The number of benzene rings is 3. The van der Waals surface area contributed by atoms with Crippen molar-refractivity contribution in [2.45, 2.75) is 26.9 Å². The topological polar surface area (TPSA) is 70.7 Å². The zero-order valence-electron chi connectivity index (χ0n) is 18.9. The Kier molecular flexibility index (Phi) is 7.29. The fraction of sp³-hybridized carbons (Fsp3) is 0.231. The number of hydrazine groups is 1. The summed E-state index contributed by atoms with van der Waals surface area (Å²) in [5.74, 6) is -0.224. The van der Waals surface area contributed by atoms with E-state index in [2.05, 4.69) is 10.9 Å². The number of hydrogen-bond acceptors (Lipinski definition) is 4. The highest BCUT2D eigenvalue weighted by molar-refractivity contribution is 6.35. The SMILES string of the molecule is Cc1ccc(N2C[C@H](C(=O)NNc3ccccc3OCc3ccc(Cl)cc3Cl)CC2=O)cc1C. The molecule has 4 rings (SSSR count). The van der Waals surface area contributed by atoms with Crippen LogP contribution in [0.5, 0.6) is 5.75 Å². The van der Waals surface area contributed by atoms with Gasteiger partial charge in [0.05, 0.1) is 11.6 Å². The average Bonchev–Trinajstić information content (AvgIpc) is 3.21. The summed E-state index contributed by atoms with van der Waals surface area (Å²) < 4.78 is 5.91. The number of halogens is 2. The van der Waals surface area contributed by atoms with Gasteiger partial charge in [0.25, 0.3) is 0 Å². The van der Waals surface area contributed by atoms with E-state index in [4.69, 9.17) is 27.9 Å². The lowest BCUT2D eigenvalue weighted by atomic mass is 10.1. The molecule has 0 bridgehead atoms. The van der Waals surface area contributed by atoms with Crippen molar-refractivity contribution >= 4 is 46.4 Å². The summed E-state index contributed by atoms with van der Waals surface area (Å²) in [5.41, 5.74) is 10.1. The van der Waals surface area contributed by atoms with Gasteiger partial charge in [0.15, 0.2) is 0 Å². The van der Waals surface area contributed by atoms with Crippen molar-refractivity contribution in [1.82, 2.24) is 5.43 Å². The van der Waals surface area contributed by atoms with Crippen molar-refractivity contribution in [2.75, 3.05) is 16.9 Å². The number of para-hydroxylation sites is 2. The van der Waals surface area contributed by atoms with Gasteiger partial charge >= 0.3 is 0 Å². The molecule has 2 N–H and O–H groups in total. The fourth-order valence-corrected chi connectivity index (χ4v) is 4.21. The molecule has 34 heavy (non-hydrogen) atoms. The lowest BCUT2D eigenvalue weighted by Crippen LogP contribution is -2.36. The number of rotatable bonds is 7.